The zero-order valence-electron chi connectivity index (χ0n) is 14.6. The zero-order chi connectivity index (χ0) is 19.2. The minimum atomic E-state index is -3.88. The Morgan fingerprint density at radius 1 is 1.41 bits per heavy atom. The average Bonchev–Trinajstić information content (AvgIpc) is 3.04. The van der Waals surface area contributed by atoms with E-state index in [4.69, 9.17) is 0 Å². The van der Waals surface area contributed by atoms with E-state index in [1.54, 1.807) is 6.20 Å². The summed E-state index contributed by atoms with van der Waals surface area (Å²) >= 11 is 1.49. The number of thioether (sulfide) groups is 1. The van der Waals surface area contributed by atoms with Gasteiger partial charge in [-0.15, -0.1) is 0 Å². The smallest absolute Gasteiger partial charge is 0.205 e. The van der Waals surface area contributed by atoms with Crippen LogP contribution in [-0.2, 0) is 10.0 Å². The van der Waals surface area contributed by atoms with Crippen molar-refractivity contribution >= 4 is 21.8 Å². The number of rotatable bonds is 4. The highest BCUT2D eigenvalue weighted by atomic mass is 32.2. The SMILES string of the molecule is CC1=CC2=CSc3cnn(NS(=O)(=O)C4C=C(C(F)F)CCC4)c3C2C=C1. The summed E-state index contributed by atoms with van der Waals surface area (Å²) in [5, 5.41) is 5.25. The lowest BCUT2D eigenvalue weighted by molar-refractivity contribution is 0.182. The van der Waals surface area contributed by atoms with Crippen LogP contribution in [0.15, 0.2) is 57.5 Å². The number of aromatic nitrogens is 2. The summed E-state index contributed by atoms with van der Waals surface area (Å²) in [6.45, 7) is 2.00. The van der Waals surface area contributed by atoms with E-state index >= 15 is 0 Å². The number of hydrogen-bond donors (Lipinski definition) is 1. The Bertz CT molecular complexity index is 990. The molecule has 0 radical (unpaired) electrons. The summed E-state index contributed by atoms with van der Waals surface area (Å²) in [6.07, 6.45) is 7.25. The summed E-state index contributed by atoms with van der Waals surface area (Å²) in [5.74, 6) is -0.0892. The number of allylic oxidation sites excluding steroid dienone is 6. The number of hydrogen-bond acceptors (Lipinski definition) is 4. The molecule has 0 aromatic carbocycles. The van der Waals surface area contributed by atoms with Gasteiger partial charge < -0.3 is 0 Å². The van der Waals surface area contributed by atoms with Crippen LogP contribution >= 0.6 is 11.8 Å². The van der Waals surface area contributed by atoms with Gasteiger partial charge in [-0.05, 0) is 42.7 Å². The summed E-state index contributed by atoms with van der Waals surface area (Å²) in [4.78, 5) is 4.64. The molecule has 27 heavy (non-hydrogen) atoms. The van der Waals surface area contributed by atoms with Crippen molar-refractivity contribution in [2.45, 2.75) is 48.7 Å². The zero-order valence-corrected chi connectivity index (χ0v) is 16.2. The number of alkyl halides is 2. The maximum Gasteiger partial charge on any atom is 0.259 e. The molecular formula is C18H19F2N3O2S2. The maximum atomic E-state index is 13.0. The molecule has 3 aliphatic rings. The first-order valence-electron chi connectivity index (χ1n) is 8.66. The van der Waals surface area contributed by atoms with Crippen molar-refractivity contribution in [2.75, 3.05) is 4.83 Å². The summed E-state index contributed by atoms with van der Waals surface area (Å²) in [6, 6.07) is 0. The maximum absolute atomic E-state index is 13.0. The molecule has 2 unspecified atom stereocenters. The molecule has 2 heterocycles. The molecule has 2 aliphatic carbocycles. The molecule has 144 valence electrons. The third-order valence-corrected chi connectivity index (χ3v) is 7.49. The lowest BCUT2D eigenvalue weighted by atomic mass is 9.90. The van der Waals surface area contributed by atoms with Gasteiger partial charge in [0.15, 0.2) is 0 Å². The average molecular weight is 411 g/mol. The van der Waals surface area contributed by atoms with Crippen molar-refractivity contribution in [3.05, 3.63) is 58.3 Å². The summed E-state index contributed by atoms with van der Waals surface area (Å²) < 4.78 is 51.6. The fourth-order valence-corrected chi connectivity index (χ4v) is 5.84. The first-order chi connectivity index (χ1) is 12.8. The molecule has 0 amide bonds. The van der Waals surface area contributed by atoms with Crippen molar-refractivity contribution in [3.63, 3.8) is 0 Å². The number of halogens is 2. The lowest BCUT2D eigenvalue weighted by Crippen LogP contribution is -2.35. The molecule has 5 nitrogen and oxygen atoms in total. The Morgan fingerprint density at radius 3 is 3.00 bits per heavy atom. The molecule has 0 saturated carbocycles. The van der Waals surface area contributed by atoms with E-state index in [1.165, 1.54) is 22.6 Å². The monoisotopic (exact) mass is 411 g/mol. The largest absolute Gasteiger partial charge is 0.259 e. The molecule has 1 aromatic rings. The highest BCUT2D eigenvalue weighted by molar-refractivity contribution is 8.02. The first-order valence-corrected chi connectivity index (χ1v) is 11.1. The van der Waals surface area contributed by atoms with E-state index in [0.717, 1.165) is 21.7 Å². The van der Waals surface area contributed by atoms with E-state index < -0.39 is 21.7 Å². The predicted molar refractivity (Wildman–Crippen MR) is 102 cm³/mol. The van der Waals surface area contributed by atoms with Crippen molar-refractivity contribution < 1.29 is 17.2 Å². The lowest BCUT2D eigenvalue weighted by Gasteiger charge is -2.26. The number of sulfonamides is 1. The third kappa shape index (κ3) is 3.50. The van der Waals surface area contributed by atoms with Crippen LogP contribution in [0.3, 0.4) is 0 Å². The molecule has 0 spiro atoms. The molecule has 0 saturated heterocycles. The molecule has 2 atom stereocenters. The minimum Gasteiger partial charge on any atom is -0.205 e. The Kier molecular flexibility index (Phi) is 4.75. The van der Waals surface area contributed by atoms with Crippen LogP contribution in [0.5, 0.6) is 0 Å². The number of fused-ring (bicyclic) bond motifs is 3. The van der Waals surface area contributed by atoms with Crippen molar-refractivity contribution in [1.82, 2.24) is 9.89 Å². The van der Waals surface area contributed by atoms with Gasteiger partial charge in [0.25, 0.3) is 16.4 Å². The Balaban J connectivity index is 1.63. The topological polar surface area (TPSA) is 64.0 Å². The molecule has 9 heteroatoms. The molecule has 1 N–H and O–H groups in total. The fourth-order valence-electron chi connectivity index (χ4n) is 3.57. The number of nitrogens with one attached hydrogen (secondary N) is 1. The molecule has 0 fully saturated rings. The predicted octanol–water partition coefficient (Wildman–Crippen LogP) is 4.09. The molecular weight excluding hydrogens is 392 g/mol. The fraction of sp³-hybridized carbons (Fsp3) is 0.389. The highest BCUT2D eigenvalue weighted by Crippen LogP contribution is 2.43. The minimum absolute atomic E-state index is 0.0892. The van der Waals surface area contributed by atoms with Gasteiger partial charge in [0.05, 0.1) is 16.8 Å². The molecule has 0 bridgehead atoms. The third-order valence-electron chi connectivity index (χ3n) is 4.94. The molecule has 4 rings (SSSR count). The van der Waals surface area contributed by atoms with Gasteiger partial charge >= 0.3 is 0 Å². The van der Waals surface area contributed by atoms with E-state index in [0.29, 0.717) is 12.8 Å². The second kappa shape index (κ2) is 6.94. The van der Waals surface area contributed by atoms with E-state index in [-0.39, 0.29) is 17.9 Å². The van der Waals surface area contributed by atoms with Crippen LogP contribution in [-0.4, -0.2) is 30.0 Å². The van der Waals surface area contributed by atoms with Gasteiger partial charge in [-0.25, -0.2) is 22.0 Å². The summed E-state index contributed by atoms with van der Waals surface area (Å²) in [7, 11) is -3.88. The molecule has 1 aromatic heterocycles. The first kappa shape index (κ1) is 18.5. The summed E-state index contributed by atoms with van der Waals surface area (Å²) in [5.41, 5.74) is 2.84. The highest BCUT2D eigenvalue weighted by Gasteiger charge is 2.32. The second-order valence-electron chi connectivity index (χ2n) is 6.88. The van der Waals surface area contributed by atoms with Crippen molar-refractivity contribution in [1.29, 1.82) is 0 Å². The second-order valence-corrected chi connectivity index (χ2v) is 9.67. The standard InChI is InChI=1S/C18H19F2N3O2S2/c1-11-5-6-15-13(7-11)10-26-16-9-21-23(17(15)16)22-27(24,25)14-4-2-3-12(8-14)18(19)20/h5-10,14-15,18,22H,2-4H2,1H3. The van der Waals surface area contributed by atoms with Crippen LogP contribution in [0.1, 0.15) is 37.8 Å². The van der Waals surface area contributed by atoms with Gasteiger partial charge in [-0.2, -0.15) is 9.89 Å². The van der Waals surface area contributed by atoms with Gasteiger partial charge in [-0.1, -0.05) is 41.6 Å². The Morgan fingerprint density at radius 2 is 2.22 bits per heavy atom. The van der Waals surface area contributed by atoms with Crippen LogP contribution in [0.2, 0.25) is 0 Å². The van der Waals surface area contributed by atoms with E-state index in [1.807, 2.05) is 24.5 Å². The normalized spacial score (nSPS) is 24.7. The van der Waals surface area contributed by atoms with Gasteiger partial charge in [0.1, 0.15) is 5.25 Å². The van der Waals surface area contributed by atoms with Crippen LogP contribution in [0, 0.1) is 0 Å². The van der Waals surface area contributed by atoms with Gasteiger partial charge in [-0.3, -0.25) is 0 Å². The van der Waals surface area contributed by atoms with Crippen LogP contribution in [0.4, 0.5) is 8.78 Å². The van der Waals surface area contributed by atoms with Crippen molar-refractivity contribution in [3.8, 4) is 0 Å². The molecule has 1 aliphatic heterocycles. The number of nitrogens with zero attached hydrogens (tertiary/aromatic N) is 2. The van der Waals surface area contributed by atoms with E-state index in [2.05, 4.69) is 16.0 Å². The Hall–Kier alpha value is -1.87. The quantitative estimate of drug-likeness (QED) is 0.758. The van der Waals surface area contributed by atoms with E-state index in [9.17, 15) is 17.2 Å². The van der Waals surface area contributed by atoms with Crippen molar-refractivity contribution in [2.24, 2.45) is 0 Å². The van der Waals surface area contributed by atoms with Crippen LogP contribution in [0.25, 0.3) is 0 Å². The van der Waals surface area contributed by atoms with Gasteiger partial charge in [0.2, 0.25) is 0 Å². The van der Waals surface area contributed by atoms with Crippen LogP contribution < -0.4 is 4.83 Å². The Labute approximate surface area is 160 Å². The van der Waals surface area contributed by atoms with Gasteiger partial charge in [0, 0.05) is 5.92 Å².